The van der Waals surface area contributed by atoms with Crippen molar-refractivity contribution in [3.63, 3.8) is 0 Å². The van der Waals surface area contributed by atoms with E-state index in [9.17, 15) is 14.9 Å². The van der Waals surface area contributed by atoms with Crippen LogP contribution in [0.2, 0.25) is 0 Å². The number of nitro groups is 1. The maximum atomic E-state index is 11.9. The molecule has 0 saturated heterocycles. The van der Waals surface area contributed by atoms with E-state index in [2.05, 4.69) is 4.98 Å². The van der Waals surface area contributed by atoms with Crippen LogP contribution in [0.15, 0.2) is 48.8 Å². The molecule has 0 aliphatic heterocycles. The summed E-state index contributed by atoms with van der Waals surface area (Å²) in [5.74, 6) is 1.06. The number of hydrogen-bond donors (Lipinski definition) is 0. The third kappa shape index (κ3) is 3.89. The van der Waals surface area contributed by atoms with Crippen molar-refractivity contribution in [3.8, 4) is 0 Å². The Labute approximate surface area is 120 Å². The zero-order valence-electron chi connectivity index (χ0n) is 10.6. The predicted octanol–water partition coefficient (Wildman–Crippen LogP) is 3.11. The van der Waals surface area contributed by atoms with E-state index in [1.165, 1.54) is 36.0 Å². The molecule has 0 unspecified atom stereocenters. The number of pyridine rings is 1. The summed E-state index contributed by atoms with van der Waals surface area (Å²) < 4.78 is 0. The van der Waals surface area contributed by atoms with Crippen LogP contribution < -0.4 is 0 Å². The summed E-state index contributed by atoms with van der Waals surface area (Å²) >= 11 is 1.51. The summed E-state index contributed by atoms with van der Waals surface area (Å²) in [4.78, 5) is 25.9. The van der Waals surface area contributed by atoms with Gasteiger partial charge in [0.05, 0.1) is 10.7 Å². The summed E-state index contributed by atoms with van der Waals surface area (Å²) in [5.41, 5.74) is 1.60. The number of nitro benzene ring substituents is 1. The highest BCUT2D eigenvalue weighted by molar-refractivity contribution is 7.99. The number of rotatable bonds is 6. The van der Waals surface area contributed by atoms with Crippen molar-refractivity contribution in [2.45, 2.75) is 5.75 Å². The van der Waals surface area contributed by atoms with E-state index >= 15 is 0 Å². The van der Waals surface area contributed by atoms with Crippen molar-refractivity contribution in [1.82, 2.24) is 4.98 Å². The van der Waals surface area contributed by atoms with Crippen LogP contribution in [0.1, 0.15) is 15.9 Å². The van der Waals surface area contributed by atoms with Crippen molar-refractivity contribution >= 4 is 23.2 Å². The molecular weight excluding hydrogens is 276 g/mol. The van der Waals surface area contributed by atoms with Crippen molar-refractivity contribution in [2.75, 3.05) is 5.75 Å². The lowest BCUT2D eigenvalue weighted by molar-refractivity contribution is -0.384. The minimum atomic E-state index is -0.480. The van der Waals surface area contributed by atoms with Crippen LogP contribution in [-0.2, 0) is 5.75 Å². The smallest absolute Gasteiger partial charge is 0.269 e. The number of carbonyl (C=O) groups is 1. The SMILES string of the molecule is O=C(CSCc1ccncc1)c1ccc([N+](=O)[O-])cc1. The number of carbonyl (C=O) groups excluding carboxylic acids is 1. The Morgan fingerprint density at radius 2 is 1.80 bits per heavy atom. The van der Waals surface area contributed by atoms with Gasteiger partial charge in [0.2, 0.25) is 0 Å². The molecule has 20 heavy (non-hydrogen) atoms. The molecule has 0 N–H and O–H groups in total. The number of Topliss-reactive ketones (excluding diaryl/α,β-unsaturated/α-hetero) is 1. The third-order valence-corrected chi connectivity index (χ3v) is 3.66. The van der Waals surface area contributed by atoms with Crippen LogP contribution in [0.3, 0.4) is 0 Å². The molecule has 6 heteroatoms. The maximum absolute atomic E-state index is 11.9. The van der Waals surface area contributed by atoms with Gasteiger partial charge in [0.25, 0.3) is 5.69 Å². The van der Waals surface area contributed by atoms with E-state index in [1.807, 2.05) is 12.1 Å². The number of nitrogens with zero attached hydrogens (tertiary/aromatic N) is 2. The molecule has 0 saturated carbocycles. The number of non-ortho nitro benzene ring substituents is 1. The van der Waals surface area contributed by atoms with Crippen LogP contribution >= 0.6 is 11.8 Å². The van der Waals surface area contributed by atoms with Crippen LogP contribution in [0.25, 0.3) is 0 Å². The number of thioether (sulfide) groups is 1. The fraction of sp³-hybridized carbons (Fsp3) is 0.143. The van der Waals surface area contributed by atoms with Gasteiger partial charge < -0.3 is 0 Å². The molecule has 0 spiro atoms. The van der Waals surface area contributed by atoms with Gasteiger partial charge in [-0.15, -0.1) is 11.8 Å². The number of benzene rings is 1. The Hall–Kier alpha value is -2.21. The molecule has 102 valence electrons. The van der Waals surface area contributed by atoms with E-state index in [4.69, 9.17) is 0 Å². The highest BCUT2D eigenvalue weighted by Gasteiger charge is 2.09. The Kier molecular flexibility index (Phi) is 4.84. The second-order valence-electron chi connectivity index (χ2n) is 4.08. The molecule has 0 amide bonds. The lowest BCUT2D eigenvalue weighted by Crippen LogP contribution is -2.02. The van der Waals surface area contributed by atoms with Crippen LogP contribution in [0.5, 0.6) is 0 Å². The standard InChI is InChI=1S/C14H12N2O3S/c17-14(10-20-9-11-5-7-15-8-6-11)12-1-3-13(4-2-12)16(18)19/h1-8H,9-10H2. The van der Waals surface area contributed by atoms with Crippen LogP contribution in [0.4, 0.5) is 5.69 Å². The largest absolute Gasteiger partial charge is 0.293 e. The van der Waals surface area contributed by atoms with E-state index in [0.29, 0.717) is 11.3 Å². The van der Waals surface area contributed by atoms with E-state index in [-0.39, 0.29) is 11.5 Å². The first kappa shape index (κ1) is 14.2. The van der Waals surface area contributed by atoms with Gasteiger partial charge in [-0.05, 0) is 29.8 Å². The summed E-state index contributed by atoms with van der Waals surface area (Å²) in [6, 6.07) is 9.50. The summed E-state index contributed by atoms with van der Waals surface area (Å²) in [7, 11) is 0. The summed E-state index contributed by atoms with van der Waals surface area (Å²) in [6.07, 6.45) is 3.43. The van der Waals surface area contributed by atoms with Gasteiger partial charge in [-0.2, -0.15) is 0 Å². The molecule has 0 radical (unpaired) electrons. The number of aromatic nitrogens is 1. The van der Waals surface area contributed by atoms with Gasteiger partial charge in [0.1, 0.15) is 0 Å². The van der Waals surface area contributed by atoms with Crippen molar-refractivity contribution in [2.24, 2.45) is 0 Å². The number of ketones is 1. The first-order valence-electron chi connectivity index (χ1n) is 5.91. The molecule has 1 heterocycles. The first-order chi connectivity index (χ1) is 9.66. The zero-order chi connectivity index (χ0) is 14.4. The minimum absolute atomic E-state index is 0.00834. The van der Waals surface area contributed by atoms with Crippen molar-refractivity contribution in [1.29, 1.82) is 0 Å². The maximum Gasteiger partial charge on any atom is 0.269 e. The van der Waals surface area contributed by atoms with Crippen LogP contribution in [-0.4, -0.2) is 21.4 Å². The van der Waals surface area contributed by atoms with Gasteiger partial charge in [-0.1, -0.05) is 0 Å². The normalized spacial score (nSPS) is 10.2. The average molecular weight is 288 g/mol. The van der Waals surface area contributed by atoms with E-state index < -0.39 is 4.92 Å². The molecule has 0 aliphatic rings. The monoisotopic (exact) mass is 288 g/mol. The quantitative estimate of drug-likeness (QED) is 0.464. The predicted molar refractivity (Wildman–Crippen MR) is 77.8 cm³/mol. The lowest BCUT2D eigenvalue weighted by atomic mass is 10.1. The van der Waals surface area contributed by atoms with Crippen molar-refractivity contribution in [3.05, 3.63) is 70.0 Å². The molecule has 0 bridgehead atoms. The van der Waals surface area contributed by atoms with Gasteiger partial charge >= 0.3 is 0 Å². The Morgan fingerprint density at radius 1 is 1.15 bits per heavy atom. The second kappa shape index (κ2) is 6.81. The molecule has 0 atom stereocenters. The first-order valence-corrected chi connectivity index (χ1v) is 7.06. The van der Waals surface area contributed by atoms with E-state index in [1.54, 1.807) is 12.4 Å². The van der Waals surface area contributed by atoms with Gasteiger partial charge in [0, 0.05) is 35.8 Å². The fourth-order valence-electron chi connectivity index (χ4n) is 1.59. The van der Waals surface area contributed by atoms with Gasteiger partial charge in [-0.25, -0.2) is 0 Å². The molecule has 0 fully saturated rings. The highest BCUT2D eigenvalue weighted by atomic mass is 32.2. The second-order valence-corrected chi connectivity index (χ2v) is 5.06. The average Bonchev–Trinajstić information content (AvgIpc) is 2.48. The van der Waals surface area contributed by atoms with Crippen molar-refractivity contribution < 1.29 is 9.72 Å². The molecule has 2 aromatic rings. The van der Waals surface area contributed by atoms with E-state index in [0.717, 1.165) is 11.3 Å². The molecule has 1 aromatic heterocycles. The summed E-state index contributed by atoms with van der Waals surface area (Å²) in [5, 5.41) is 10.5. The topological polar surface area (TPSA) is 73.1 Å². The Morgan fingerprint density at radius 3 is 2.40 bits per heavy atom. The van der Waals surface area contributed by atoms with Crippen LogP contribution in [0, 0.1) is 10.1 Å². The molecule has 0 aliphatic carbocycles. The molecule has 1 aromatic carbocycles. The molecular formula is C14H12N2O3S. The minimum Gasteiger partial charge on any atom is -0.293 e. The molecule has 2 rings (SSSR count). The number of hydrogen-bond acceptors (Lipinski definition) is 5. The third-order valence-electron chi connectivity index (χ3n) is 2.65. The Bertz CT molecular complexity index is 600. The zero-order valence-corrected chi connectivity index (χ0v) is 11.4. The molecule has 5 nitrogen and oxygen atoms in total. The Balaban J connectivity index is 1.87. The van der Waals surface area contributed by atoms with Gasteiger partial charge in [-0.3, -0.25) is 19.9 Å². The lowest BCUT2D eigenvalue weighted by Gasteiger charge is -2.02. The fourth-order valence-corrected chi connectivity index (χ4v) is 2.48. The van der Waals surface area contributed by atoms with Gasteiger partial charge in [0.15, 0.2) is 5.78 Å². The highest BCUT2D eigenvalue weighted by Crippen LogP contribution is 2.16. The summed E-state index contributed by atoms with van der Waals surface area (Å²) in [6.45, 7) is 0.